The molecule has 8 heteroatoms. The van der Waals surface area contributed by atoms with Crippen LogP contribution in [0.4, 0.5) is 5.88 Å². The molecule has 110 valence electrons. The van der Waals surface area contributed by atoms with Crippen LogP contribution >= 0.6 is 11.3 Å². The molecule has 0 saturated heterocycles. The minimum absolute atomic E-state index is 0.147. The molecule has 0 spiro atoms. The first-order valence-corrected chi connectivity index (χ1v) is 8.39. The molecule has 0 amide bonds. The van der Waals surface area contributed by atoms with Gasteiger partial charge in [-0.3, -0.25) is 0 Å². The number of aryl methyl sites for hydroxylation is 1. The van der Waals surface area contributed by atoms with Crippen molar-refractivity contribution in [3.63, 3.8) is 0 Å². The van der Waals surface area contributed by atoms with Crippen molar-refractivity contribution < 1.29 is 17.7 Å². The molecule has 1 N–H and O–H groups in total. The summed E-state index contributed by atoms with van der Waals surface area (Å²) in [6.07, 6.45) is 0. The van der Waals surface area contributed by atoms with E-state index in [0.29, 0.717) is 29.2 Å². The lowest BCUT2D eigenvalue weighted by Crippen LogP contribution is -2.13. The second kappa shape index (κ2) is 5.45. The number of anilines is 1. The smallest absolute Gasteiger partial charge is 0.274 e. The lowest BCUT2D eigenvalue weighted by atomic mass is 10.3. The molecule has 0 aliphatic rings. The van der Waals surface area contributed by atoms with Gasteiger partial charge in [-0.2, -0.15) is 0 Å². The van der Waals surface area contributed by atoms with Gasteiger partial charge >= 0.3 is 0 Å². The highest BCUT2D eigenvalue weighted by Gasteiger charge is 2.24. The molecule has 0 aliphatic heterocycles. The van der Waals surface area contributed by atoms with Crippen LogP contribution < -0.4 is 9.46 Å². The third-order valence-electron chi connectivity index (χ3n) is 2.88. The van der Waals surface area contributed by atoms with E-state index in [1.807, 2.05) is 6.92 Å². The van der Waals surface area contributed by atoms with Crippen LogP contribution in [0.1, 0.15) is 23.7 Å². The zero-order chi connectivity index (χ0) is 14.9. The van der Waals surface area contributed by atoms with Gasteiger partial charge in [0.2, 0.25) is 5.88 Å². The van der Waals surface area contributed by atoms with E-state index in [1.165, 1.54) is 0 Å². The van der Waals surface area contributed by atoms with Gasteiger partial charge in [-0.25, -0.2) is 13.1 Å². The largest absolute Gasteiger partial charge is 0.493 e. The van der Waals surface area contributed by atoms with E-state index in [4.69, 9.17) is 9.26 Å². The predicted molar refractivity (Wildman–Crippen MR) is 77.0 cm³/mol. The molecule has 2 aromatic heterocycles. The van der Waals surface area contributed by atoms with Crippen molar-refractivity contribution in [1.82, 2.24) is 5.16 Å². The Kier molecular flexibility index (Phi) is 4.05. The Bertz CT molecular complexity index is 716. The number of rotatable bonds is 5. The summed E-state index contributed by atoms with van der Waals surface area (Å²) < 4.78 is 37.7. The highest BCUT2D eigenvalue weighted by atomic mass is 32.2. The number of sulfonamides is 1. The number of thiophene rings is 1. The summed E-state index contributed by atoms with van der Waals surface area (Å²) in [6.45, 7) is 7.56. The molecule has 0 bridgehead atoms. The number of nitrogens with one attached hydrogen (secondary N) is 1. The zero-order valence-corrected chi connectivity index (χ0v) is 13.3. The molecule has 2 rings (SSSR count). The maximum absolute atomic E-state index is 12.4. The average molecular weight is 316 g/mol. The van der Waals surface area contributed by atoms with Crippen molar-refractivity contribution >= 4 is 27.2 Å². The van der Waals surface area contributed by atoms with Gasteiger partial charge in [0.25, 0.3) is 10.0 Å². The van der Waals surface area contributed by atoms with Crippen LogP contribution in [0.3, 0.4) is 0 Å². The molecule has 2 aromatic rings. The number of ether oxygens (including phenoxy) is 1. The first-order chi connectivity index (χ1) is 9.36. The topological polar surface area (TPSA) is 81.4 Å². The summed E-state index contributed by atoms with van der Waals surface area (Å²) >= 11 is 1.12. The lowest BCUT2D eigenvalue weighted by Gasteiger charge is -2.06. The third-order valence-corrected chi connectivity index (χ3v) is 5.92. The van der Waals surface area contributed by atoms with E-state index < -0.39 is 10.0 Å². The first-order valence-electron chi connectivity index (χ1n) is 6.03. The predicted octanol–water partition coefficient (Wildman–Crippen LogP) is 2.86. The average Bonchev–Trinajstić information content (AvgIpc) is 2.89. The summed E-state index contributed by atoms with van der Waals surface area (Å²) in [4.78, 5) is 0. The Morgan fingerprint density at radius 2 is 2.05 bits per heavy atom. The van der Waals surface area contributed by atoms with Crippen molar-refractivity contribution in [2.24, 2.45) is 0 Å². The molecule has 0 aromatic carbocycles. The number of hydrogen-bond donors (Lipinski definition) is 1. The fourth-order valence-corrected chi connectivity index (χ4v) is 4.17. The fourth-order valence-electron chi connectivity index (χ4n) is 1.63. The van der Waals surface area contributed by atoms with Crippen molar-refractivity contribution in [3.8, 4) is 5.75 Å². The maximum atomic E-state index is 12.4. The van der Waals surface area contributed by atoms with Crippen LogP contribution in [-0.4, -0.2) is 20.2 Å². The van der Waals surface area contributed by atoms with E-state index in [0.717, 1.165) is 11.3 Å². The Balaban J connectivity index is 2.33. The SMILES string of the molecule is CCOc1csc(S(=O)(=O)Nc2onc(C)c2C)c1C. The molecule has 0 unspecified atom stereocenters. The highest BCUT2D eigenvalue weighted by Crippen LogP contribution is 2.33. The van der Waals surface area contributed by atoms with Gasteiger partial charge in [-0.05, 0) is 27.7 Å². The molecule has 2 heterocycles. The molecule has 20 heavy (non-hydrogen) atoms. The minimum Gasteiger partial charge on any atom is -0.493 e. The molecule has 0 fully saturated rings. The van der Waals surface area contributed by atoms with Gasteiger partial charge < -0.3 is 9.26 Å². The maximum Gasteiger partial charge on any atom is 0.274 e. The van der Waals surface area contributed by atoms with Crippen LogP contribution in [0.2, 0.25) is 0 Å². The molecule has 0 radical (unpaired) electrons. The van der Waals surface area contributed by atoms with E-state index in [1.54, 1.807) is 26.2 Å². The van der Waals surface area contributed by atoms with Crippen molar-refractivity contribution in [1.29, 1.82) is 0 Å². The van der Waals surface area contributed by atoms with Crippen LogP contribution in [0.5, 0.6) is 5.75 Å². The Morgan fingerprint density at radius 1 is 1.35 bits per heavy atom. The third kappa shape index (κ3) is 2.66. The van der Waals surface area contributed by atoms with E-state index in [-0.39, 0.29) is 10.1 Å². The number of hydrogen-bond acceptors (Lipinski definition) is 6. The fraction of sp³-hybridized carbons (Fsp3) is 0.417. The normalized spacial score (nSPS) is 11.6. The van der Waals surface area contributed by atoms with Gasteiger partial charge in [-0.1, -0.05) is 5.16 Å². The van der Waals surface area contributed by atoms with E-state index in [9.17, 15) is 8.42 Å². The van der Waals surface area contributed by atoms with Gasteiger partial charge in [0.1, 0.15) is 9.96 Å². The molecule has 0 saturated carbocycles. The summed E-state index contributed by atoms with van der Waals surface area (Å²) in [5.74, 6) is 0.733. The van der Waals surface area contributed by atoms with Crippen LogP contribution in [0.25, 0.3) is 0 Å². The molecule has 0 atom stereocenters. The van der Waals surface area contributed by atoms with Crippen molar-refractivity contribution in [2.75, 3.05) is 11.3 Å². The summed E-state index contributed by atoms with van der Waals surface area (Å²) in [5.41, 5.74) is 1.92. The summed E-state index contributed by atoms with van der Waals surface area (Å²) in [6, 6.07) is 0. The van der Waals surface area contributed by atoms with E-state index in [2.05, 4.69) is 9.88 Å². The first kappa shape index (κ1) is 14.9. The second-order valence-corrected chi connectivity index (χ2v) is 7.03. The molecular weight excluding hydrogens is 300 g/mol. The quantitative estimate of drug-likeness (QED) is 0.917. The Hall–Kier alpha value is -1.54. The summed E-state index contributed by atoms with van der Waals surface area (Å²) in [7, 11) is -3.70. The Labute approximate surface area is 121 Å². The molecular formula is C12H16N2O4S2. The van der Waals surface area contributed by atoms with Crippen LogP contribution in [0, 0.1) is 20.8 Å². The lowest BCUT2D eigenvalue weighted by molar-refractivity contribution is 0.339. The monoisotopic (exact) mass is 316 g/mol. The number of aromatic nitrogens is 1. The minimum atomic E-state index is -3.70. The van der Waals surface area contributed by atoms with Crippen molar-refractivity contribution in [2.45, 2.75) is 31.9 Å². The van der Waals surface area contributed by atoms with Gasteiger partial charge in [0.15, 0.2) is 0 Å². The second-order valence-electron chi connectivity index (χ2n) is 4.27. The van der Waals surface area contributed by atoms with E-state index >= 15 is 0 Å². The van der Waals surface area contributed by atoms with Gasteiger partial charge in [0, 0.05) is 16.5 Å². The molecule has 6 nitrogen and oxygen atoms in total. The highest BCUT2D eigenvalue weighted by molar-refractivity contribution is 7.94. The number of nitrogens with zero attached hydrogens (tertiary/aromatic N) is 1. The summed E-state index contributed by atoms with van der Waals surface area (Å²) in [5, 5.41) is 5.41. The van der Waals surface area contributed by atoms with Crippen LogP contribution in [-0.2, 0) is 10.0 Å². The molecule has 0 aliphatic carbocycles. The zero-order valence-electron chi connectivity index (χ0n) is 11.7. The standard InChI is InChI=1S/C12H16N2O4S2/c1-5-17-10-6-19-12(8(10)3)20(15,16)14-11-7(2)9(4)13-18-11/h6,14H,5H2,1-4H3. The van der Waals surface area contributed by atoms with Gasteiger partial charge in [0.05, 0.1) is 12.3 Å². The van der Waals surface area contributed by atoms with Crippen LogP contribution in [0.15, 0.2) is 14.1 Å². The Morgan fingerprint density at radius 3 is 2.60 bits per heavy atom. The van der Waals surface area contributed by atoms with Crippen molar-refractivity contribution in [3.05, 3.63) is 22.2 Å². The van der Waals surface area contributed by atoms with Gasteiger partial charge in [-0.15, -0.1) is 11.3 Å².